The number of hydrogen-bond acceptors (Lipinski definition) is 6. The standard InChI is InChI=1S/C19H19NO6/c1-25-18(23)12-9-7-11(8-10-12)15(19(24)26-2)20-16(21)13-5-3-4-6-14(13)17(20)22/h3-7,9,11-12,15H,8,10H2,1-2H3/t11-,12+,15-/m0/s1. The third-order valence-corrected chi connectivity index (χ3v) is 4.86. The van der Waals surface area contributed by atoms with Crippen LogP contribution >= 0.6 is 0 Å². The Morgan fingerprint density at radius 2 is 1.62 bits per heavy atom. The Balaban J connectivity index is 1.92. The maximum Gasteiger partial charge on any atom is 0.329 e. The summed E-state index contributed by atoms with van der Waals surface area (Å²) in [5.74, 6) is -2.85. The molecule has 1 aromatic carbocycles. The van der Waals surface area contributed by atoms with E-state index in [0.29, 0.717) is 12.8 Å². The van der Waals surface area contributed by atoms with Gasteiger partial charge in [-0.05, 0) is 25.0 Å². The quantitative estimate of drug-likeness (QED) is 0.462. The van der Waals surface area contributed by atoms with Gasteiger partial charge in [-0.3, -0.25) is 19.3 Å². The van der Waals surface area contributed by atoms with E-state index >= 15 is 0 Å². The van der Waals surface area contributed by atoms with Crippen LogP contribution in [-0.4, -0.2) is 48.9 Å². The molecule has 0 spiro atoms. The number of amides is 2. The van der Waals surface area contributed by atoms with E-state index in [1.165, 1.54) is 14.2 Å². The molecule has 0 saturated carbocycles. The molecular weight excluding hydrogens is 338 g/mol. The molecule has 7 nitrogen and oxygen atoms in total. The van der Waals surface area contributed by atoms with E-state index in [0.717, 1.165) is 4.90 Å². The van der Waals surface area contributed by atoms with Gasteiger partial charge in [-0.15, -0.1) is 0 Å². The first-order valence-electron chi connectivity index (χ1n) is 8.30. The minimum atomic E-state index is -1.07. The molecule has 2 aliphatic rings. The van der Waals surface area contributed by atoms with Gasteiger partial charge in [0.05, 0.1) is 31.3 Å². The highest BCUT2D eigenvalue weighted by Gasteiger charge is 2.46. The summed E-state index contributed by atoms with van der Waals surface area (Å²) >= 11 is 0. The van der Waals surface area contributed by atoms with Crippen molar-refractivity contribution in [2.24, 2.45) is 11.8 Å². The fourth-order valence-corrected chi connectivity index (χ4v) is 3.51. The Morgan fingerprint density at radius 1 is 1.00 bits per heavy atom. The number of esters is 2. The van der Waals surface area contributed by atoms with Crippen molar-refractivity contribution in [3.63, 3.8) is 0 Å². The second kappa shape index (κ2) is 7.11. The van der Waals surface area contributed by atoms with Gasteiger partial charge < -0.3 is 9.47 Å². The van der Waals surface area contributed by atoms with Gasteiger partial charge in [0.1, 0.15) is 6.04 Å². The van der Waals surface area contributed by atoms with Crippen LogP contribution in [-0.2, 0) is 19.1 Å². The average Bonchev–Trinajstić information content (AvgIpc) is 2.93. The maximum absolute atomic E-state index is 12.7. The molecule has 0 fully saturated rings. The lowest BCUT2D eigenvalue weighted by Gasteiger charge is -2.32. The number of ether oxygens (including phenoxy) is 2. The summed E-state index contributed by atoms with van der Waals surface area (Å²) in [5.41, 5.74) is 0.553. The molecule has 0 saturated heterocycles. The van der Waals surface area contributed by atoms with E-state index in [4.69, 9.17) is 9.47 Å². The van der Waals surface area contributed by atoms with Crippen molar-refractivity contribution in [3.05, 3.63) is 47.5 Å². The number of rotatable bonds is 4. The topological polar surface area (TPSA) is 90.0 Å². The Labute approximate surface area is 150 Å². The first kappa shape index (κ1) is 17.8. The Morgan fingerprint density at radius 3 is 2.08 bits per heavy atom. The number of fused-ring (bicyclic) bond motifs is 1. The molecule has 1 heterocycles. The Hall–Kier alpha value is -2.96. The molecule has 0 unspecified atom stereocenters. The van der Waals surface area contributed by atoms with Crippen molar-refractivity contribution >= 4 is 23.8 Å². The second-order valence-electron chi connectivity index (χ2n) is 6.25. The summed E-state index contributed by atoms with van der Waals surface area (Å²) in [5, 5.41) is 0. The van der Waals surface area contributed by atoms with Crippen molar-refractivity contribution in [3.8, 4) is 0 Å². The van der Waals surface area contributed by atoms with Gasteiger partial charge in [0.2, 0.25) is 0 Å². The summed E-state index contributed by atoms with van der Waals surface area (Å²) in [7, 11) is 2.54. The number of benzene rings is 1. The van der Waals surface area contributed by atoms with Crippen molar-refractivity contribution in [1.29, 1.82) is 0 Å². The lowest BCUT2D eigenvalue weighted by molar-refractivity contribution is -0.146. The van der Waals surface area contributed by atoms with Crippen LogP contribution in [0.1, 0.15) is 33.6 Å². The normalized spacial score (nSPS) is 22.8. The zero-order valence-electron chi connectivity index (χ0n) is 14.5. The molecule has 0 bridgehead atoms. The third kappa shape index (κ3) is 2.89. The van der Waals surface area contributed by atoms with Crippen molar-refractivity contribution < 1.29 is 28.7 Å². The molecule has 136 valence electrons. The van der Waals surface area contributed by atoms with Crippen molar-refractivity contribution in [2.45, 2.75) is 18.9 Å². The molecule has 1 aromatic rings. The van der Waals surface area contributed by atoms with Crippen LogP contribution in [0.3, 0.4) is 0 Å². The van der Waals surface area contributed by atoms with Gasteiger partial charge in [-0.25, -0.2) is 4.79 Å². The van der Waals surface area contributed by atoms with Gasteiger partial charge >= 0.3 is 11.9 Å². The van der Waals surface area contributed by atoms with E-state index in [1.54, 1.807) is 36.4 Å². The monoisotopic (exact) mass is 357 g/mol. The lowest BCUT2D eigenvalue weighted by Crippen LogP contribution is -2.50. The van der Waals surface area contributed by atoms with Crippen LogP contribution in [0.15, 0.2) is 36.4 Å². The molecule has 0 radical (unpaired) electrons. The fraction of sp³-hybridized carbons (Fsp3) is 0.368. The molecule has 0 aromatic heterocycles. The highest BCUT2D eigenvalue weighted by molar-refractivity contribution is 6.22. The smallest absolute Gasteiger partial charge is 0.329 e. The SMILES string of the molecule is COC(=O)[C@@H]1C=C[C@H]([C@@H](C(=O)OC)N2C(=O)c3ccccc3C2=O)CC1. The fourth-order valence-electron chi connectivity index (χ4n) is 3.51. The minimum Gasteiger partial charge on any atom is -0.469 e. The molecule has 7 heteroatoms. The Bertz CT molecular complexity index is 764. The van der Waals surface area contributed by atoms with E-state index in [-0.39, 0.29) is 17.1 Å². The lowest BCUT2D eigenvalue weighted by atomic mass is 9.83. The summed E-state index contributed by atoms with van der Waals surface area (Å²) in [4.78, 5) is 50.5. The maximum atomic E-state index is 12.7. The van der Waals surface area contributed by atoms with Crippen molar-refractivity contribution in [2.75, 3.05) is 14.2 Å². The van der Waals surface area contributed by atoms with Crippen LogP contribution in [0, 0.1) is 11.8 Å². The molecule has 1 aliphatic carbocycles. The molecule has 0 N–H and O–H groups in total. The van der Waals surface area contributed by atoms with E-state index in [1.807, 2.05) is 0 Å². The number of hydrogen-bond donors (Lipinski definition) is 0. The van der Waals surface area contributed by atoms with Crippen LogP contribution < -0.4 is 0 Å². The molecule has 1 aliphatic heterocycles. The van der Waals surface area contributed by atoms with Gasteiger partial charge in [0, 0.05) is 5.92 Å². The number of carbonyl (C=O) groups is 4. The second-order valence-corrected chi connectivity index (χ2v) is 6.25. The minimum absolute atomic E-state index is 0.277. The number of carbonyl (C=O) groups excluding carboxylic acids is 4. The number of methoxy groups -OCH3 is 2. The summed E-state index contributed by atoms with van der Waals surface area (Å²) < 4.78 is 9.59. The number of imide groups is 1. The molecule has 3 atom stereocenters. The van der Waals surface area contributed by atoms with Crippen LogP contribution in [0.2, 0.25) is 0 Å². The van der Waals surface area contributed by atoms with Crippen LogP contribution in [0.5, 0.6) is 0 Å². The first-order chi connectivity index (χ1) is 12.5. The van der Waals surface area contributed by atoms with Crippen molar-refractivity contribution in [1.82, 2.24) is 4.90 Å². The molecular formula is C19H19NO6. The van der Waals surface area contributed by atoms with Gasteiger partial charge in [-0.1, -0.05) is 24.3 Å². The van der Waals surface area contributed by atoms with E-state index in [9.17, 15) is 19.2 Å². The summed E-state index contributed by atoms with van der Waals surface area (Å²) in [6, 6.07) is 5.40. The van der Waals surface area contributed by atoms with Crippen LogP contribution in [0.25, 0.3) is 0 Å². The predicted octanol–water partition coefficient (Wildman–Crippen LogP) is 1.58. The average molecular weight is 357 g/mol. The highest BCUT2D eigenvalue weighted by atomic mass is 16.5. The van der Waals surface area contributed by atoms with Gasteiger partial charge in [0.15, 0.2) is 0 Å². The summed E-state index contributed by atoms with van der Waals surface area (Å²) in [6.07, 6.45) is 4.26. The van der Waals surface area contributed by atoms with Crippen LogP contribution in [0.4, 0.5) is 0 Å². The first-order valence-corrected chi connectivity index (χ1v) is 8.30. The molecule has 26 heavy (non-hydrogen) atoms. The number of nitrogens with zero attached hydrogens (tertiary/aromatic N) is 1. The zero-order valence-corrected chi connectivity index (χ0v) is 14.5. The largest absolute Gasteiger partial charge is 0.469 e. The predicted molar refractivity (Wildman–Crippen MR) is 90.1 cm³/mol. The third-order valence-electron chi connectivity index (χ3n) is 4.86. The van der Waals surface area contributed by atoms with E-state index < -0.39 is 35.7 Å². The Kier molecular flexibility index (Phi) is 4.88. The van der Waals surface area contributed by atoms with Gasteiger partial charge in [0.25, 0.3) is 11.8 Å². The molecule has 2 amide bonds. The highest BCUT2D eigenvalue weighted by Crippen LogP contribution is 2.33. The summed E-state index contributed by atoms with van der Waals surface area (Å²) in [6.45, 7) is 0. The molecule has 3 rings (SSSR count). The van der Waals surface area contributed by atoms with Gasteiger partial charge in [-0.2, -0.15) is 0 Å². The van der Waals surface area contributed by atoms with E-state index in [2.05, 4.69) is 0 Å². The zero-order chi connectivity index (χ0) is 18.8.